The standard InChI is InChI=1S/C12H15IO2/c1-3-12(4-2,11(14)15)9-7-5-6-8-10(9)13/h5-8H,3-4H2,1-2H3,(H,14,15). The van der Waals surface area contributed by atoms with Crippen molar-refractivity contribution in [3.05, 3.63) is 33.4 Å². The van der Waals surface area contributed by atoms with E-state index in [2.05, 4.69) is 22.6 Å². The van der Waals surface area contributed by atoms with E-state index in [0.717, 1.165) is 9.13 Å². The molecule has 2 nitrogen and oxygen atoms in total. The van der Waals surface area contributed by atoms with Crippen molar-refractivity contribution in [3.63, 3.8) is 0 Å². The van der Waals surface area contributed by atoms with Crippen LogP contribution in [0.25, 0.3) is 0 Å². The summed E-state index contributed by atoms with van der Waals surface area (Å²) in [6.45, 7) is 3.86. The highest BCUT2D eigenvalue weighted by Crippen LogP contribution is 2.34. The van der Waals surface area contributed by atoms with Crippen molar-refractivity contribution >= 4 is 28.6 Å². The molecule has 0 aliphatic heterocycles. The maximum atomic E-state index is 11.4. The average Bonchev–Trinajstić information content (AvgIpc) is 2.22. The number of halogens is 1. The highest BCUT2D eigenvalue weighted by atomic mass is 127. The van der Waals surface area contributed by atoms with Gasteiger partial charge in [0.1, 0.15) is 0 Å². The van der Waals surface area contributed by atoms with E-state index in [4.69, 9.17) is 0 Å². The minimum Gasteiger partial charge on any atom is -0.481 e. The number of carboxylic acids is 1. The third-order valence-electron chi connectivity index (χ3n) is 3.01. The molecule has 1 rings (SSSR count). The molecule has 15 heavy (non-hydrogen) atoms. The molecule has 0 aliphatic rings. The summed E-state index contributed by atoms with van der Waals surface area (Å²) >= 11 is 2.20. The molecule has 0 saturated heterocycles. The van der Waals surface area contributed by atoms with Crippen LogP contribution in [0.3, 0.4) is 0 Å². The first-order chi connectivity index (χ1) is 7.08. The van der Waals surface area contributed by atoms with E-state index in [1.54, 1.807) is 0 Å². The largest absolute Gasteiger partial charge is 0.481 e. The van der Waals surface area contributed by atoms with Crippen molar-refractivity contribution < 1.29 is 9.90 Å². The van der Waals surface area contributed by atoms with E-state index in [1.165, 1.54) is 0 Å². The monoisotopic (exact) mass is 318 g/mol. The van der Waals surface area contributed by atoms with Crippen LogP contribution in [0.2, 0.25) is 0 Å². The fraction of sp³-hybridized carbons (Fsp3) is 0.417. The zero-order valence-corrected chi connectivity index (χ0v) is 11.1. The third-order valence-corrected chi connectivity index (χ3v) is 3.95. The lowest BCUT2D eigenvalue weighted by Gasteiger charge is -2.28. The minimum absolute atomic E-state index is 0.624. The molecular formula is C12H15IO2. The molecule has 1 aromatic rings. The first kappa shape index (κ1) is 12.5. The van der Waals surface area contributed by atoms with Crippen molar-refractivity contribution in [1.29, 1.82) is 0 Å². The molecule has 0 bridgehead atoms. The van der Waals surface area contributed by atoms with Gasteiger partial charge in [0.2, 0.25) is 0 Å². The Kier molecular flexibility index (Phi) is 4.13. The molecule has 82 valence electrons. The van der Waals surface area contributed by atoms with Crippen molar-refractivity contribution in [2.24, 2.45) is 0 Å². The SMILES string of the molecule is CCC(CC)(C(=O)O)c1ccccc1I. The molecule has 1 aromatic carbocycles. The van der Waals surface area contributed by atoms with Gasteiger partial charge in [0.15, 0.2) is 0 Å². The normalized spacial score (nSPS) is 11.4. The van der Waals surface area contributed by atoms with E-state index in [1.807, 2.05) is 38.1 Å². The molecule has 0 radical (unpaired) electrons. The van der Waals surface area contributed by atoms with Crippen LogP contribution in [-0.2, 0) is 10.2 Å². The van der Waals surface area contributed by atoms with Crippen LogP contribution in [0.5, 0.6) is 0 Å². The van der Waals surface area contributed by atoms with E-state index in [0.29, 0.717) is 12.8 Å². The predicted octanol–water partition coefficient (Wildman–Crippen LogP) is 3.43. The second-order valence-electron chi connectivity index (χ2n) is 3.57. The topological polar surface area (TPSA) is 37.3 Å². The van der Waals surface area contributed by atoms with Crippen molar-refractivity contribution in [2.45, 2.75) is 32.1 Å². The first-order valence-corrected chi connectivity index (χ1v) is 6.14. The number of rotatable bonds is 4. The van der Waals surface area contributed by atoms with Gasteiger partial charge in [0, 0.05) is 3.57 Å². The zero-order chi connectivity index (χ0) is 11.5. The molecule has 0 unspecified atom stereocenters. The summed E-state index contributed by atoms with van der Waals surface area (Å²) < 4.78 is 1.03. The fourth-order valence-electron chi connectivity index (χ4n) is 1.90. The van der Waals surface area contributed by atoms with E-state index in [-0.39, 0.29) is 0 Å². The van der Waals surface area contributed by atoms with Gasteiger partial charge in [-0.1, -0.05) is 32.0 Å². The predicted molar refractivity (Wildman–Crippen MR) is 69.1 cm³/mol. The number of hydrogen-bond acceptors (Lipinski definition) is 1. The van der Waals surface area contributed by atoms with Crippen LogP contribution < -0.4 is 0 Å². The molecule has 0 aromatic heterocycles. The molecule has 0 fully saturated rings. The highest BCUT2D eigenvalue weighted by Gasteiger charge is 2.37. The van der Waals surface area contributed by atoms with Gasteiger partial charge >= 0.3 is 5.97 Å². The van der Waals surface area contributed by atoms with Crippen LogP contribution in [0, 0.1) is 3.57 Å². The van der Waals surface area contributed by atoms with E-state index >= 15 is 0 Å². The fourth-order valence-corrected chi connectivity index (χ4v) is 2.80. The van der Waals surface area contributed by atoms with Gasteiger partial charge in [-0.25, -0.2) is 0 Å². The summed E-state index contributed by atoms with van der Waals surface area (Å²) in [5.41, 5.74) is 0.209. The number of benzene rings is 1. The maximum Gasteiger partial charge on any atom is 0.314 e. The first-order valence-electron chi connectivity index (χ1n) is 5.07. The summed E-state index contributed by atoms with van der Waals surface area (Å²) in [7, 11) is 0. The summed E-state index contributed by atoms with van der Waals surface area (Å²) in [6.07, 6.45) is 1.25. The lowest BCUT2D eigenvalue weighted by atomic mass is 9.76. The van der Waals surface area contributed by atoms with Gasteiger partial charge in [-0.3, -0.25) is 4.79 Å². The molecule has 0 atom stereocenters. The van der Waals surface area contributed by atoms with Gasteiger partial charge in [-0.05, 0) is 47.1 Å². The van der Waals surface area contributed by atoms with Gasteiger partial charge in [0.25, 0.3) is 0 Å². The van der Waals surface area contributed by atoms with E-state index < -0.39 is 11.4 Å². The summed E-state index contributed by atoms with van der Waals surface area (Å²) in [6, 6.07) is 7.71. The number of carbonyl (C=O) groups is 1. The molecule has 1 N–H and O–H groups in total. The molecule has 0 aliphatic carbocycles. The molecule has 0 spiro atoms. The molecular weight excluding hydrogens is 303 g/mol. The number of hydrogen-bond donors (Lipinski definition) is 1. The second-order valence-corrected chi connectivity index (χ2v) is 4.74. The Bertz CT molecular complexity index is 356. The molecule has 0 amide bonds. The molecule has 3 heteroatoms. The molecule has 0 heterocycles. The molecule has 0 saturated carbocycles. The van der Waals surface area contributed by atoms with Crippen LogP contribution in [-0.4, -0.2) is 11.1 Å². The van der Waals surface area contributed by atoms with Crippen LogP contribution >= 0.6 is 22.6 Å². The zero-order valence-electron chi connectivity index (χ0n) is 8.96. The Morgan fingerprint density at radius 2 is 1.87 bits per heavy atom. The summed E-state index contributed by atoms with van der Waals surface area (Å²) in [5, 5.41) is 9.40. The smallest absolute Gasteiger partial charge is 0.314 e. The van der Waals surface area contributed by atoms with Gasteiger partial charge in [0.05, 0.1) is 5.41 Å². The average molecular weight is 318 g/mol. The van der Waals surface area contributed by atoms with Gasteiger partial charge in [-0.15, -0.1) is 0 Å². The Morgan fingerprint density at radius 1 is 1.33 bits per heavy atom. The Hall–Kier alpha value is -0.580. The summed E-state index contributed by atoms with van der Waals surface area (Å²) in [4.78, 5) is 11.4. The van der Waals surface area contributed by atoms with E-state index in [9.17, 15) is 9.90 Å². The number of carboxylic acid groups (broad SMARTS) is 1. The Morgan fingerprint density at radius 3 is 2.27 bits per heavy atom. The second kappa shape index (κ2) is 4.96. The minimum atomic E-state index is -0.725. The van der Waals surface area contributed by atoms with Gasteiger partial charge in [-0.2, -0.15) is 0 Å². The third kappa shape index (κ3) is 2.17. The van der Waals surface area contributed by atoms with Gasteiger partial charge < -0.3 is 5.11 Å². The lowest BCUT2D eigenvalue weighted by molar-refractivity contribution is -0.144. The Balaban J connectivity index is 3.33. The van der Waals surface area contributed by atoms with Crippen molar-refractivity contribution in [3.8, 4) is 0 Å². The quantitative estimate of drug-likeness (QED) is 0.864. The van der Waals surface area contributed by atoms with Crippen LogP contribution in [0.1, 0.15) is 32.3 Å². The lowest BCUT2D eigenvalue weighted by Crippen LogP contribution is -2.35. The summed E-state index contributed by atoms with van der Waals surface area (Å²) in [5.74, 6) is -0.725. The van der Waals surface area contributed by atoms with Crippen molar-refractivity contribution in [1.82, 2.24) is 0 Å². The van der Waals surface area contributed by atoms with Crippen molar-refractivity contribution in [2.75, 3.05) is 0 Å². The van der Waals surface area contributed by atoms with Crippen LogP contribution in [0.4, 0.5) is 0 Å². The highest BCUT2D eigenvalue weighted by molar-refractivity contribution is 14.1. The maximum absolute atomic E-state index is 11.4. The Labute approximate surface area is 104 Å². The van der Waals surface area contributed by atoms with Crippen LogP contribution in [0.15, 0.2) is 24.3 Å². The number of aliphatic carboxylic acids is 1.